The molecule has 256 valence electrons. The highest BCUT2D eigenvalue weighted by Gasteiger charge is 2.62. The van der Waals surface area contributed by atoms with E-state index in [9.17, 15) is 15.0 Å². The quantitative estimate of drug-likeness (QED) is 0.101. The number of aliphatic hydroxyl groups excluding tert-OH is 1. The Kier molecular flexibility index (Phi) is 13.9. The number of carboxylic acid groups (broad SMARTS) is 1. The number of aliphatic hydroxyl groups is 1. The van der Waals surface area contributed by atoms with Crippen molar-refractivity contribution >= 4 is 5.97 Å². The van der Waals surface area contributed by atoms with Crippen LogP contribution in [-0.4, -0.2) is 67.6 Å². The van der Waals surface area contributed by atoms with Gasteiger partial charge in [0, 0.05) is 6.04 Å². The summed E-state index contributed by atoms with van der Waals surface area (Å²) < 4.78 is 0. The van der Waals surface area contributed by atoms with Gasteiger partial charge < -0.3 is 31.9 Å². The second kappa shape index (κ2) is 16.9. The highest BCUT2D eigenvalue weighted by atomic mass is 16.4. The smallest absolute Gasteiger partial charge is 0.306 e. The van der Waals surface area contributed by atoms with Crippen LogP contribution in [0.5, 0.6) is 0 Å². The van der Waals surface area contributed by atoms with Crippen LogP contribution in [0.3, 0.4) is 0 Å². The van der Waals surface area contributed by atoms with Crippen LogP contribution in [0.25, 0.3) is 0 Å². The Morgan fingerprint density at radius 2 is 1.48 bits per heavy atom. The number of carbonyl (C=O) groups is 1. The standard InChI is InChI=1S/C37H70N4O3/c1-26(10-7-11-27(2)35(43)44)30-12-13-31-34-32(15-17-37(30,31)4)36(3)16-14-29(24-28(36)25-33(34)42)41-23-9-22-40-20-6-5-19-39-21-8-18-38/h26-34,39-42H,5-25,38H2,1-4H3,(H,43,44). The zero-order valence-corrected chi connectivity index (χ0v) is 28.9. The maximum Gasteiger partial charge on any atom is 0.306 e. The van der Waals surface area contributed by atoms with E-state index in [2.05, 4.69) is 36.7 Å². The number of hydrogen-bond acceptors (Lipinski definition) is 6. The van der Waals surface area contributed by atoms with Gasteiger partial charge in [-0.05, 0) is 169 Å². The van der Waals surface area contributed by atoms with Crippen LogP contribution < -0.4 is 21.7 Å². The van der Waals surface area contributed by atoms with Gasteiger partial charge in [-0.3, -0.25) is 4.79 Å². The lowest BCUT2D eigenvalue weighted by atomic mass is 9.43. The minimum absolute atomic E-state index is 0.146. The van der Waals surface area contributed by atoms with E-state index in [1.54, 1.807) is 0 Å². The number of fused-ring (bicyclic) bond motifs is 5. The van der Waals surface area contributed by atoms with Crippen LogP contribution in [0.4, 0.5) is 0 Å². The topological polar surface area (TPSA) is 120 Å². The molecular weight excluding hydrogens is 548 g/mol. The molecule has 44 heavy (non-hydrogen) atoms. The molecule has 0 bridgehead atoms. The molecular formula is C37H70N4O3. The Hall–Kier alpha value is -0.730. The number of aliphatic carboxylic acids is 1. The van der Waals surface area contributed by atoms with E-state index in [0.29, 0.717) is 52.4 Å². The number of rotatable bonds is 19. The summed E-state index contributed by atoms with van der Waals surface area (Å²) in [6.07, 6.45) is 17.5. The van der Waals surface area contributed by atoms with Crippen molar-refractivity contribution in [3.05, 3.63) is 0 Å². The predicted molar refractivity (Wildman–Crippen MR) is 181 cm³/mol. The van der Waals surface area contributed by atoms with Crippen molar-refractivity contribution in [2.75, 3.05) is 39.3 Å². The Balaban J connectivity index is 1.20. The van der Waals surface area contributed by atoms with Gasteiger partial charge in [-0.15, -0.1) is 0 Å². The normalized spacial score (nSPS) is 38.0. The molecule has 4 aliphatic carbocycles. The van der Waals surface area contributed by atoms with E-state index >= 15 is 0 Å². The molecule has 7 N–H and O–H groups in total. The first-order valence-electron chi connectivity index (χ1n) is 18.9. The van der Waals surface area contributed by atoms with E-state index < -0.39 is 5.97 Å². The Labute approximate surface area is 270 Å². The molecule has 0 radical (unpaired) electrons. The highest BCUT2D eigenvalue weighted by Crippen LogP contribution is 2.68. The first-order chi connectivity index (χ1) is 21.1. The molecule has 4 rings (SSSR count). The van der Waals surface area contributed by atoms with Crippen molar-refractivity contribution in [3.8, 4) is 0 Å². The lowest BCUT2D eigenvalue weighted by Gasteiger charge is -2.62. The fourth-order valence-electron chi connectivity index (χ4n) is 11.0. The minimum atomic E-state index is -0.663. The molecule has 0 spiro atoms. The molecule has 11 atom stereocenters. The number of carboxylic acids is 1. The molecule has 0 saturated heterocycles. The van der Waals surface area contributed by atoms with Gasteiger partial charge in [0.15, 0.2) is 0 Å². The molecule has 4 fully saturated rings. The molecule has 0 heterocycles. The van der Waals surface area contributed by atoms with Crippen molar-refractivity contribution in [2.45, 2.75) is 136 Å². The molecule has 0 aromatic heterocycles. The fraction of sp³-hybridized carbons (Fsp3) is 0.973. The SMILES string of the molecule is CC(CCCC(C)C1CCC2C3C(O)CC4CC(NCCCNCCCCNCCCN)CCC4(C)C3CCC12C)C(=O)O. The van der Waals surface area contributed by atoms with Gasteiger partial charge >= 0.3 is 5.97 Å². The molecule has 0 aromatic rings. The number of unbranched alkanes of at least 4 members (excludes halogenated alkanes) is 1. The van der Waals surface area contributed by atoms with E-state index in [-0.39, 0.29) is 12.0 Å². The van der Waals surface area contributed by atoms with Crippen LogP contribution in [0.15, 0.2) is 0 Å². The maximum absolute atomic E-state index is 11.8. The third-order valence-electron chi connectivity index (χ3n) is 13.6. The molecule has 0 aromatic carbocycles. The Morgan fingerprint density at radius 3 is 2.18 bits per heavy atom. The van der Waals surface area contributed by atoms with Crippen LogP contribution in [0.1, 0.15) is 124 Å². The molecule has 11 unspecified atom stereocenters. The molecule has 4 saturated carbocycles. The maximum atomic E-state index is 11.8. The van der Waals surface area contributed by atoms with Gasteiger partial charge in [-0.25, -0.2) is 0 Å². The monoisotopic (exact) mass is 619 g/mol. The number of hydrogen-bond donors (Lipinski definition) is 6. The van der Waals surface area contributed by atoms with Gasteiger partial charge in [0.1, 0.15) is 0 Å². The third kappa shape index (κ3) is 8.59. The lowest BCUT2D eigenvalue weighted by molar-refractivity contribution is -0.167. The molecule has 0 aliphatic heterocycles. The summed E-state index contributed by atoms with van der Waals surface area (Å²) in [4.78, 5) is 11.3. The van der Waals surface area contributed by atoms with E-state index in [4.69, 9.17) is 5.73 Å². The van der Waals surface area contributed by atoms with Crippen molar-refractivity contribution < 1.29 is 15.0 Å². The summed E-state index contributed by atoms with van der Waals surface area (Å²) in [6, 6.07) is 0.603. The van der Waals surface area contributed by atoms with Gasteiger partial charge in [-0.1, -0.05) is 40.5 Å². The summed E-state index contributed by atoms with van der Waals surface area (Å²) in [5, 5.41) is 32.0. The van der Waals surface area contributed by atoms with Gasteiger partial charge in [0.25, 0.3) is 0 Å². The van der Waals surface area contributed by atoms with Crippen LogP contribution in [0.2, 0.25) is 0 Å². The predicted octanol–water partition coefficient (Wildman–Crippen LogP) is 5.80. The molecule has 7 heteroatoms. The zero-order valence-electron chi connectivity index (χ0n) is 28.9. The van der Waals surface area contributed by atoms with Crippen molar-refractivity contribution in [2.24, 2.45) is 58.0 Å². The fourth-order valence-corrected chi connectivity index (χ4v) is 11.0. The Bertz CT molecular complexity index is 874. The summed E-state index contributed by atoms with van der Waals surface area (Å²) in [5.41, 5.74) is 6.24. The average molecular weight is 619 g/mol. The van der Waals surface area contributed by atoms with Crippen LogP contribution >= 0.6 is 0 Å². The summed E-state index contributed by atoms with van der Waals surface area (Å²) in [7, 11) is 0. The van der Waals surface area contributed by atoms with E-state index in [1.807, 2.05) is 6.92 Å². The van der Waals surface area contributed by atoms with Crippen molar-refractivity contribution in [1.29, 1.82) is 0 Å². The third-order valence-corrected chi connectivity index (χ3v) is 13.6. The Morgan fingerprint density at radius 1 is 0.818 bits per heavy atom. The summed E-state index contributed by atoms with van der Waals surface area (Å²) in [6.45, 7) is 15.6. The number of nitrogens with two attached hydrogens (primary N) is 1. The van der Waals surface area contributed by atoms with Gasteiger partial charge in [0.2, 0.25) is 0 Å². The van der Waals surface area contributed by atoms with Crippen LogP contribution in [-0.2, 0) is 4.79 Å². The van der Waals surface area contributed by atoms with Crippen molar-refractivity contribution in [3.63, 3.8) is 0 Å². The molecule has 4 aliphatic rings. The largest absolute Gasteiger partial charge is 0.481 e. The van der Waals surface area contributed by atoms with Crippen molar-refractivity contribution in [1.82, 2.24) is 16.0 Å². The minimum Gasteiger partial charge on any atom is -0.481 e. The average Bonchev–Trinajstić information content (AvgIpc) is 3.35. The lowest BCUT2D eigenvalue weighted by Crippen LogP contribution is -2.59. The first kappa shape index (κ1) is 36.1. The highest BCUT2D eigenvalue weighted by molar-refractivity contribution is 5.69. The number of nitrogens with one attached hydrogen (secondary N) is 3. The summed E-state index contributed by atoms with van der Waals surface area (Å²) >= 11 is 0. The van der Waals surface area contributed by atoms with E-state index in [0.717, 1.165) is 71.4 Å². The van der Waals surface area contributed by atoms with E-state index in [1.165, 1.54) is 64.2 Å². The second-order valence-electron chi connectivity index (χ2n) is 16.3. The second-order valence-corrected chi connectivity index (χ2v) is 16.3. The summed E-state index contributed by atoms with van der Waals surface area (Å²) in [5.74, 6) is 2.87. The molecule has 0 amide bonds. The van der Waals surface area contributed by atoms with Gasteiger partial charge in [-0.2, -0.15) is 0 Å². The van der Waals surface area contributed by atoms with Crippen LogP contribution in [0, 0.1) is 52.3 Å². The zero-order chi connectivity index (χ0) is 31.7. The first-order valence-corrected chi connectivity index (χ1v) is 18.9. The van der Waals surface area contributed by atoms with Gasteiger partial charge in [0.05, 0.1) is 12.0 Å². The molecule has 7 nitrogen and oxygen atoms in total.